The average molecular weight is 290 g/mol. The van der Waals surface area contributed by atoms with Crippen LogP contribution in [0, 0.1) is 5.92 Å². The van der Waals surface area contributed by atoms with Crippen molar-refractivity contribution in [2.75, 3.05) is 13.1 Å². The quantitative estimate of drug-likeness (QED) is 0.749. The lowest BCUT2D eigenvalue weighted by atomic mass is 9.96. The number of fused-ring (bicyclic) bond motifs is 1. The van der Waals surface area contributed by atoms with Crippen LogP contribution in [0.15, 0.2) is 18.2 Å². The van der Waals surface area contributed by atoms with Crippen molar-refractivity contribution in [3.8, 4) is 0 Å². The van der Waals surface area contributed by atoms with Gasteiger partial charge in [0.15, 0.2) is 0 Å². The van der Waals surface area contributed by atoms with Crippen LogP contribution in [0.5, 0.6) is 0 Å². The molecule has 4 nitrogen and oxygen atoms in total. The summed E-state index contributed by atoms with van der Waals surface area (Å²) in [5.41, 5.74) is 3.20. The van der Waals surface area contributed by atoms with E-state index in [0.717, 1.165) is 32.4 Å². The third-order valence-corrected chi connectivity index (χ3v) is 4.42. The molecule has 1 aromatic carbocycles. The van der Waals surface area contributed by atoms with Crippen LogP contribution in [-0.2, 0) is 13.0 Å². The van der Waals surface area contributed by atoms with E-state index in [1.807, 2.05) is 18.2 Å². The number of hydrogen-bond acceptors (Lipinski definition) is 3. The van der Waals surface area contributed by atoms with Crippen LogP contribution in [0.2, 0.25) is 0 Å². The number of benzene rings is 1. The van der Waals surface area contributed by atoms with E-state index in [9.17, 15) is 9.90 Å². The summed E-state index contributed by atoms with van der Waals surface area (Å²) < 4.78 is 0. The van der Waals surface area contributed by atoms with E-state index in [1.54, 1.807) is 0 Å². The van der Waals surface area contributed by atoms with Crippen LogP contribution in [0.25, 0.3) is 0 Å². The summed E-state index contributed by atoms with van der Waals surface area (Å²) in [4.78, 5) is 12.2. The molecule has 1 amide bonds. The van der Waals surface area contributed by atoms with Gasteiger partial charge in [-0.05, 0) is 42.1 Å². The van der Waals surface area contributed by atoms with Crippen LogP contribution in [0.1, 0.15) is 48.2 Å². The normalized spacial score (nSPS) is 15.6. The van der Waals surface area contributed by atoms with Gasteiger partial charge in [-0.15, -0.1) is 0 Å². The first-order valence-corrected chi connectivity index (χ1v) is 7.94. The lowest BCUT2D eigenvalue weighted by Gasteiger charge is -2.21. The molecule has 1 aromatic rings. The fourth-order valence-corrected chi connectivity index (χ4v) is 2.92. The molecular weight excluding hydrogens is 264 g/mol. The zero-order chi connectivity index (χ0) is 15.2. The molecule has 0 saturated heterocycles. The number of carbonyl (C=O) groups excluding carboxylic acids is 1. The Morgan fingerprint density at radius 3 is 2.81 bits per heavy atom. The Bertz CT molecular complexity index is 484. The van der Waals surface area contributed by atoms with Crippen molar-refractivity contribution in [2.24, 2.45) is 5.92 Å². The smallest absolute Gasteiger partial charge is 0.251 e. The first-order chi connectivity index (χ1) is 10.2. The van der Waals surface area contributed by atoms with Crippen molar-refractivity contribution in [1.82, 2.24) is 10.6 Å². The zero-order valence-corrected chi connectivity index (χ0v) is 13.0. The zero-order valence-electron chi connectivity index (χ0n) is 13.0. The number of nitrogens with one attached hydrogen (secondary N) is 2. The third kappa shape index (κ3) is 4.05. The molecule has 0 fully saturated rings. The van der Waals surface area contributed by atoms with E-state index in [-0.39, 0.29) is 11.8 Å². The van der Waals surface area contributed by atoms with Crippen molar-refractivity contribution in [3.05, 3.63) is 34.9 Å². The van der Waals surface area contributed by atoms with Crippen molar-refractivity contribution in [3.63, 3.8) is 0 Å². The molecule has 0 spiro atoms. The molecule has 1 unspecified atom stereocenters. The predicted molar refractivity (Wildman–Crippen MR) is 84.3 cm³/mol. The lowest BCUT2D eigenvalue weighted by molar-refractivity contribution is 0.0816. The first-order valence-electron chi connectivity index (χ1n) is 7.94. The number of hydrogen-bond donors (Lipinski definition) is 3. The van der Waals surface area contributed by atoms with E-state index in [1.165, 1.54) is 11.1 Å². The molecule has 1 aliphatic heterocycles. The van der Waals surface area contributed by atoms with Crippen molar-refractivity contribution < 1.29 is 9.90 Å². The SMILES string of the molecule is CCC(CC)C(O)CNC(=O)c1ccc2c(c1)CNCC2. The number of rotatable bonds is 6. The van der Waals surface area contributed by atoms with E-state index >= 15 is 0 Å². The van der Waals surface area contributed by atoms with Crippen LogP contribution < -0.4 is 10.6 Å². The Kier molecular flexibility index (Phi) is 5.76. The third-order valence-electron chi connectivity index (χ3n) is 4.42. The van der Waals surface area contributed by atoms with E-state index in [4.69, 9.17) is 0 Å². The molecule has 0 radical (unpaired) electrons. The van der Waals surface area contributed by atoms with Crippen molar-refractivity contribution in [1.29, 1.82) is 0 Å². The Hall–Kier alpha value is -1.39. The number of aliphatic hydroxyl groups is 1. The molecule has 4 heteroatoms. The maximum absolute atomic E-state index is 12.2. The van der Waals surface area contributed by atoms with E-state index < -0.39 is 6.10 Å². The minimum atomic E-state index is -0.469. The highest BCUT2D eigenvalue weighted by molar-refractivity contribution is 5.94. The van der Waals surface area contributed by atoms with Crippen LogP contribution in [-0.4, -0.2) is 30.2 Å². The molecule has 3 N–H and O–H groups in total. The molecule has 21 heavy (non-hydrogen) atoms. The number of aliphatic hydroxyl groups excluding tert-OH is 1. The Morgan fingerprint density at radius 1 is 1.33 bits per heavy atom. The molecule has 0 aromatic heterocycles. The molecule has 1 aliphatic rings. The molecule has 116 valence electrons. The highest BCUT2D eigenvalue weighted by Gasteiger charge is 2.17. The highest BCUT2D eigenvalue weighted by Crippen LogP contribution is 2.16. The summed E-state index contributed by atoms with van der Waals surface area (Å²) in [5.74, 6) is 0.145. The standard InChI is InChI=1S/C17H26N2O2/c1-3-12(4-2)16(20)11-19-17(21)14-6-5-13-7-8-18-10-15(13)9-14/h5-6,9,12,16,18,20H,3-4,7-8,10-11H2,1-2H3,(H,19,21). The van der Waals surface area contributed by atoms with Crippen LogP contribution in [0.3, 0.4) is 0 Å². The van der Waals surface area contributed by atoms with Gasteiger partial charge >= 0.3 is 0 Å². The largest absolute Gasteiger partial charge is 0.391 e. The summed E-state index contributed by atoms with van der Waals surface area (Å²) in [7, 11) is 0. The monoisotopic (exact) mass is 290 g/mol. The van der Waals surface area contributed by atoms with Gasteiger partial charge in [-0.2, -0.15) is 0 Å². The minimum absolute atomic E-state index is 0.103. The van der Waals surface area contributed by atoms with Gasteiger partial charge in [-0.3, -0.25) is 4.79 Å². The second-order valence-electron chi connectivity index (χ2n) is 5.76. The molecule has 2 rings (SSSR count). The average Bonchev–Trinajstić information content (AvgIpc) is 2.53. The van der Waals surface area contributed by atoms with Gasteiger partial charge in [0.05, 0.1) is 6.10 Å². The molecule has 1 atom stereocenters. The predicted octanol–water partition coefficient (Wildman–Crippen LogP) is 1.86. The van der Waals surface area contributed by atoms with E-state index in [0.29, 0.717) is 12.1 Å². The number of carbonyl (C=O) groups is 1. The molecule has 1 heterocycles. The van der Waals surface area contributed by atoms with Gasteiger partial charge in [0.1, 0.15) is 0 Å². The maximum Gasteiger partial charge on any atom is 0.251 e. The van der Waals surface area contributed by atoms with Crippen molar-refractivity contribution in [2.45, 2.75) is 45.8 Å². The Morgan fingerprint density at radius 2 is 2.10 bits per heavy atom. The molecular formula is C17H26N2O2. The highest BCUT2D eigenvalue weighted by atomic mass is 16.3. The molecule has 0 bridgehead atoms. The maximum atomic E-state index is 12.2. The minimum Gasteiger partial charge on any atom is -0.391 e. The fraction of sp³-hybridized carbons (Fsp3) is 0.588. The van der Waals surface area contributed by atoms with Gasteiger partial charge in [-0.25, -0.2) is 0 Å². The lowest BCUT2D eigenvalue weighted by Crippen LogP contribution is -2.36. The molecule has 0 saturated carbocycles. The topological polar surface area (TPSA) is 61.4 Å². The van der Waals surface area contributed by atoms with Gasteiger partial charge in [0.2, 0.25) is 0 Å². The summed E-state index contributed by atoms with van der Waals surface area (Å²) in [5, 5.41) is 16.2. The fourth-order valence-electron chi connectivity index (χ4n) is 2.92. The van der Waals surface area contributed by atoms with Crippen LogP contribution in [0.4, 0.5) is 0 Å². The summed E-state index contributed by atoms with van der Waals surface area (Å²) in [6, 6.07) is 5.88. The van der Waals surface area contributed by atoms with Gasteiger partial charge in [0.25, 0.3) is 5.91 Å². The van der Waals surface area contributed by atoms with Gasteiger partial charge in [-0.1, -0.05) is 32.8 Å². The second-order valence-corrected chi connectivity index (χ2v) is 5.76. The summed E-state index contributed by atoms with van der Waals surface area (Å²) in [6.07, 6.45) is 2.41. The van der Waals surface area contributed by atoms with Crippen molar-refractivity contribution >= 4 is 5.91 Å². The summed E-state index contributed by atoms with van der Waals surface area (Å²) in [6.45, 7) is 6.28. The Labute approximate surface area is 126 Å². The van der Waals surface area contributed by atoms with Crippen LogP contribution >= 0.6 is 0 Å². The second kappa shape index (κ2) is 7.57. The Balaban J connectivity index is 1.94. The van der Waals surface area contributed by atoms with Gasteiger partial charge in [0, 0.05) is 18.7 Å². The summed E-state index contributed by atoms with van der Waals surface area (Å²) >= 11 is 0. The van der Waals surface area contributed by atoms with E-state index in [2.05, 4.69) is 24.5 Å². The van der Waals surface area contributed by atoms with Gasteiger partial charge < -0.3 is 15.7 Å². The first kappa shape index (κ1) is 16.0. The molecule has 0 aliphatic carbocycles. The number of amides is 1.